The zero-order valence-corrected chi connectivity index (χ0v) is 51.0. The van der Waals surface area contributed by atoms with Crippen LogP contribution in [0.15, 0.2) is 0 Å². The Morgan fingerprint density at radius 2 is 0.859 bits per heavy atom. The highest BCUT2D eigenvalue weighted by Crippen LogP contribution is 2.37. The van der Waals surface area contributed by atoms with Crippen molar-refractivity contribution in [1.29, 1.82) is 0 Å². The predicted molar refractivity (Wildman–Crippen MR) is 322 cm³/mol. The molecule has 9 N–H and O–H groups in total. The average Bonchev–Trinajstić information content (AvgIpc) is 3.50. The van der Waals surface area contributed by atoms with Gasteiger partial charge in [0.15, 0.2) is 5.78 Å². The summed E-state index contributed by atoms with van der Waals surface area (Å²) in [7, 11) is 0. The van der Waals surface area contributed by atoms with Crippen LogP contribution in [0.25, 0.3) is 0 Å². The Kier molecular flexibility index (Phi) is 51.0. The fourth-order valence-corrected chi connectivity index (χ4v) is 11.6. The van der Waals surface area contributed by atoms with E-state index in [0.29, 0.717) is 30.6 Å². The Morgan fingerprint density at radius 1 is 0.500 bits per heavy atom. The van der Waals surface area contributed by atoms with Gasteiger partial charge in [0.1, 0.15) is 11.8 Å². The molecule has 0 heterocycles. The molecule has 0 spiro atoms. The summed E-state index contributed by atoms with van der Waals surface area (Å²) in [6, 6.07) is -3.15. The molecule has 5 unspecified atom stereocenters. The van der Waals surface area contributed by atoms with E-state index >= 15 is 9.59 Å². The number of thioether (sulfide) groups is 1. The largest absolute Gasteiger partial charge is 0.479 e. The van der Waals surface area contributed by atoms with E-state index in [1.807, 2.05) is 0 Å². The number of ketones is 2. The number of aliphatic hydroxyl groups is 3. The Morgan fingerprint density at radius 3 is 1.21 bits per heavy atom. The molecule has 0 bridgehead atoms. The van der Waals surface area contributed by atoms with Crippen LogP contribution in [0.5, 0.6) is 0 Å². The van der Waals surface area contributed by atoms with E-state index in [2.05, 4.69) is 26.1 Å². The van der Waals surface area contributed by atoms with E-state index in [4.69, 9.17) is 11.5 Å². The van der Waals surface area contributed by atoms with Crippen LogP contribution >= 0.6 is 11.8 Å². The molecule has 0 radical (unpaired) electrons. The highest BCUT2D eigenvalue weighted by atomic mass is 32.2. The number of nitrogens with zero attached hydrogens (tertiary/aromatic N) is 1. The first-order valence-corrected chi connectivity index (χ1v) is 33.4. The lowest BCUT2D eigenvalue weighted by Crippen LogP contribution is -2.71. The van der Waals surface area contributed by atoms with Crippen molar-refractivity contribution in [2.24, 2.45) is 17.4 Å². The van der Waals surface area contributed by atoms with Crippen molar-refractivity contribution in [2.75, 3.05) is 31.3 Å². The van der Waals surface area contributed by atoms with Gasteiger partial charge in [0.25, 0.3) is 5.91 Å². The van der Waals surface area contributed by atoms with Gasteiger partial charge in [-0.1, -0.05) is 252 Å². The Balaban J connectivity index is 6.80. The van der Waals surface area contributed by atoms with Crippen molar-refractivity contribution in [3.63, 3.8) is 0 Å². The molecule has 0 rings (SSSR count). The Labute approximate surface area is 480 Å². The number of aliphatic carboxylic acids is 1. The number of carboxylic acids is 1. The van der Waals surface area contributed by atoms with Gasteiger partial charge in [-0.25, -0.2) is 4.79 Å². The molecule has 0 aliphatic carbocycles. The van der Waals surface area contributed by atoms with E-state index in [0.717, 1.165) is 95.2 Å². The standard InChI is InChI=1S/C63H120N4O10S/c1-4-7-10-13-16-19-22-25-28-31-34-37-40-45-57(71)54(44-43-48-64)63(62(76)77,58(72)46-41-38-35-32-29-26-23-20-17-14-11-8-5-2)67(59(73)47-42-39-36-33-30-27-24-21-18-15-12-9-6-3)61(75)56(50-69)66-60(74)55(65)52-78-51-53(70)49-68/h53-56,68-70H,4-52,64-65H2,1-3H3,(H,66,74)(H,76,77). The van der Waals surface area contributed by atoms with Crippen molar-refractivity contribution in [1.82, 2.24) is 10.2 Å². The van der Waals surface area contributed by atoms with E-state index in [-0.39, 0.29) is 56.6 Å². The molecule has 0 aliphatic heterocycles. The quantitative estimate of drug-likeness (QED) is 0.0221. The van der Waals surface area contributed by atoms with Gasteiger partial charge in [-0.3, -0.25) is 28.9 Å². The highest BCUT2D eigenvalue weighted by molar-refractivity contribution is 7.99. The highest BCUT2D eigenvalue weighted by Gasteiger charge is 2.62. The van der Waals surface area contributed by atoms with Gasteiger partial charge in [-0.05, 0) is 38.6 Å². The molecule has 0 aromatic rings. The molecule has 78 heavy (non-hydrogen) atoms. The summed E-state index contributed by atoms with van der Waals surface area (Å²) in [5.74, 6) is -8.00. The first-order chi connectivity index (χ1) is 37.8. The predicted octanol–water partition coefficient (Wildman–Crippen LogP) is 13.0. The number of carboxylic acid groups (broad SMARTS) is 1. The molecular weight excluding hydrogens is 1000 g/mol. The molecule has 3 amide bonds. The molecule has 0 saturated carbocycles. The number of hydrogen-bond acceptors (Lipinski definition) is 12. The van der Waals surface area contributed by atoms with Crippen LogP contribution < -0.4 is 16.8 Å². The fourth-order valence-electron chi connectivity index (χ4n) is 10.7. The molecule has 0 aromatic heterocycles. The third-order valence-corrected chi connectivity index (χ3v) is 16.9. The van der Waals surface area contributed by atoms with Crippen LogP contribution in [-0.2, 0) is 28.8 Å². The second kappa shape index (κ2) is 52.6. The van der Waals surface area contributed by atoms with Crippen LogP contribution in [0.3, 0.4) is 0 Å². The van der Waals surface area contributed by atoms with Gasteiger partial charge in [-0.2, -0.15) is 11.8 Å². The number of rotatable bonds is 59. The second-order valence-electron chi connectivity index (χ2n) is 22.7. The van der Waals surface area contributed by atoms with Gasteiger partial charge in [0.2, 0.25) is 17.4 Å². The first-order valence-electron chi connectivity index (χ1n) is 32.2. The maximum Gasteiger partial charge on any atom is 0.338 e. The number of Topliss-reactive ketones (excluding diaryl/α,β-unsaturated/α-hetero) is 2. The maximum atomic E-state index is 15.3. The fraction of sp³-hybridized carbons (Fsp3) is 0.905. The van der Waals surface area contributed by atoms with E-state index in [9.17, 15) is 39.6 Å². The lowest BCUT2D eigenvalue weighted by Gasteiger charge is -2.44. The minimum atomic E-state index is -2.97. The molecule has 0 fully saturated rings. The number of carbonyl (C=O) groups is 6. The van der Waals surface area contributed by atoms with E-state index < -0.39 is 78.1 Å². The molecule has 15 heteroatoms. The number of aliphatic hydroxyl groups excluding tert-OH is 3. The molecule has 0 saturated heterocycles. The van der Waals surface area contributed by atoms with E-state index in [1.165, 1.54) is 135 Å². The Bertz CT molecular complexity index is 1510. The molecule has 458 valence electrons. The number of unbranched alkanes of at least 4 members (excludes halogenated alkanes) is 36. The maximum absolute atomic E-state index is 15.3. The SMILES string of the molecule is CCCCCCCCCCCCCCCC(=O)C(CCCN)C(C(=O)O)(C(=O)CCCCCCCCCCCCCCC)N(C(=O)CCCCCCCCCCCCCCC)C(=O)C(CO)NC(=O)C(N)CSCC(O)CO. The molecule has 5 atom stereocenters. The van der Waals surface area contributed by atoms with Crippen LogP contribution in [0, 0.1) is 5.92 Å². The lowest BCUT2D eigenvalue weighted by atomic mass is 9.71. The topological polar surface area (TPSA) is 251 Å². The van der Waals surface area contributed by atoms with Crippen molar-refractivity contribution in [2.45, 2.75) is 327 Å². The summed E-state index contributed by atoms with van der Waals surface area (Å²) in [5, 5.41) is 43.9. The number of carbonyl (C=O) groups excluding carboxylic acids is 5. The molecular formula is C63H120N4O10S. The Hall–Kier alpha value is -2.43. The minimum absolute atomic E-state index is 0.0392. The van der Waals surface area contributed by atoms with Gasteiger partial charge in [0.05, 0.1) is 31.3 Å². The number of hydrogen-bond donors (Lipinski definition) is 7. The monoisotopic (exact) mass is 1120 g/mol. The van der Waals surface area contributed by atoms with Crippen molar-refractivity contribution in [3.05, 3.63) is 0 Å². The van der Waals surface area contributed by atoms with Gasteiger partial charge in [0, 0.05) is 30.8 Å². The van der Waals surface area contributed by atoms with E-state index in [1.54, 1.807) is 0 Å². The third kappa shape index (κ3) is 35.4. The summed E-state index contributed by atoms with van der Waals surface area (Å²) in [6.07, 6.45) is 39.5. The van der Waals surface area contributed by atoms with Crippen molar-refractivity contribution < 1.29 is 49.2 Å². The second-order valence-corrected chi connectivity index (χ2v) is 23.8. The molecule has 14 nitrogen and oxygen atoms in total. The summed E-state index contributed by atoms with van der Waals surface area (Å²) in [5.41, 5.74) is 9.25. The number of imide groups is 1. The van der Waals surface area contributed by atoms with Gasteiger partial charge >= 0.3 is 5.97 Å². The number of nitrogens with one attached hydrogen (secondary N) is 1. The average molecular weight is 1130 g/mol. The number of nitrogens with two attached hydrogens (primary N) is 2. The van der Waals surface area contributed by atoms with Crippen molar-refractivity contribution >= 4 is 47.0 Å². The number of amides is 3. The zero-order chi connectivity index (χ0) is 57.9. The lowest BCUT2D eigenvalue weighted by molar-refractivity contribution is -0.178. The molecule has 0 aromatic carbocycles. The third-order valence-electron chi connectivity index (χ3n) is 15.6. The van der Waals surface area contributed by atoms with Crippen LogP contribution in [0.2, 0.25) is 0 Å². The minimum Gasteiger partial charge on any atom is -0.479 e. The van der Waals surface area contributed by atoms with Crippen molar-refractivity contribution in [3.8, 4) is 0 Å². The summed E-state index contributed by atoms with van der Waals surface area (Å²) < 4.78 is 0. The molecule has 0 aliphatic rings. The zero-order valence-electron chi connectivity index (χ0n) is 50.2. The summed E-state index contributed by atoms with van der Waals surface area (Å²) in [4.78, 5) is 88.6. The van der Waals surface area contributed by atoms with Gasteiger partial charge < -0.3 is 37.2 Å². The smallest absolute Gasteiger partial charge is 0.338 e. The first kappa shape index (κ1) is 75.6. The van der Waals surface area contributed by atoms with Gasteiger partial charge in [-0.15, -0.1) is 0 Å². The van der Waals surface area contributed by atoms with Crippen LogP contribution in [0.1, 0.15) is 303 Å². The summed E-state index contributed by atoms with van der Waals surface area (Å²) >= 11 is 1.08. The van der Waals surface area contributed by atoms with Crippen LogP contribution in [0.4, 0.5) is 0 Å². The summed E-state index contributed by atoms with van der Waals surface area (Å²) in [6.45, 7) is 5.17. The normalized spacial score (nSPS) is 13.9. The van der Waals surface area contributed by atoms with Crippen LogP contribution in [-0.4, -0.2) is 116 Å².